The first-order chi connectivity index (χ1) is 13.9. The van der Waals surface area contributed by atoms with E-state index in [1.54, 1.807) is 38.3 Å². The molecular formula is C21H18N2O6. The van der Waals surface area contributed by atoms with Gasteiger partial charge in [0.25, 0.3) is 11.6 Å². The van der Waals surface area contributed by atoms with Crippen LogP contribution < -0.4 is 9.64 Å². The lowest BCUT2D eigenvalue weighted by atomic mass is 10.0. The molecule has 0 aliphatic carbocycles. The number of allylic oxidation sites excluding steroid dienone is 1. The lowest BCUT2D eigenvalue weighted by molar-refractivity contribution is -0.384. The Morgan fingerprint density at radius 3 is 2.21 bits per heavy atom. The number of methoxy groups -OCH3 is 2. The van der Waals surface area contributed by atoms with Gasteiger partial charge >= 0.3 is 5.97 Å². The molecule has 0 atom stereocenters. The molecule has 1 heterocycles. The van der Waals surface area contributed by atoms with Crippen LogP contribution in [-0.2, 0) is 14.3 Å². The van der Waals surface area contributed by atoms with Gasteiger partial charge in [-0.3, -0.25) is 19.8 Å². The van der Waals surface area contributed by atoms with Crippen LogP contribution in [0.2, 0.25) is 0 Å². The van der Waals surface area contributed by atoms with Crippen molar-refractivity contribution in [3.63, 3.8) is 0 Å². The summed E-state index contributed by atoms with van der Waals surface area (Å²) in [5.41, 5.74) is 1.78. The number of nitrogens with zero attached hydrogens (tertiary/aromatic N) is 2. The molecule has 0 radical (unpaired) electrons. The Bertz CT molecular complexity index is 1040. The smallest absolute Gasteiger partial charge is 0.340 e. The molecule has 1 amide bonds. The lowest BCUT2D eigenvalue weighted by Crippen LogP contribution is -2.24. The number of ether oxygens (including phenoxy) is 2. The minimum Gasteiger partial charge on any atom is -0.497 e. The van der Waals surface area contributed by atoms with Crippen molar-refractivity contribution in [2.45, 2.75) is 6.92 Å². The zero-order valence-electron chi connectivity index (χ0n) is 16.0. The number of amides is 1. The molecule has 1 aliphatic rings. The number of rotatable bonds is 5. The van der Waals surface area contributed by atoms with Gasteiger partial charge in [0.1, 0.15) is 5.75 Å². The molecule has 0 bridgehead atoms. The van der Waals surface area contributed by atoms with Crippen LogP contribution in [0.25, 0.3) is 6.08 Å². The first-order valence-corrected chi connectivity index (χ1v) is 8.61. The van der Waals surface area contributed by atoms with Crippen molar-refractivity contribution in [2.75, 3.05) is 19.1 Å². The molecule has 0 fully saturated rings. The lowest BCUT2D eigenvalue weighted by Gasteiger charge is -2.18. The van der Waals surface area contributed by atoms with E-state index in [1.807, 2.05) is 0 Å². The SMILES string of the molecule is COC(=O)C1=C(C)N(c2ccc(OC)cc2)C(=O)/C1=C\c1ccc([N+](=O)[O-])cc1. The molecule has 8 heteroatoms. The van der Waals surface area contributed by atoms with E-state index in [1.165, 1.54) is 42.4 Å². The molecule has 1 aliphatic heterocycles. The van der Waals surface area contributed by atoms with Gasteiger partial charge in [0, 0.05) is 23.5 Å². The fourth-order valence-electron chi connectivity index (χ4n) is 3.08. The summed E-state index contributed by atoms with van der Waals surface area (Å²) in [4.78, 5) is 37.3. The molecular weight excluding hydrogens is 376 g/mol. The molecule has 0 saturated heterocycles. The number of carbonyl (C=O) groups excluding carboxylic acids is 2. The van der Waals surface area contributed by atoms with Crippen molar-refractivity contribution >= 4 is 29.3 Å². The third kappa shape index (κ3) is 3.73. The second-order valence-electron chi connectivity index (χ2n) is 6.20. The molecule has 0 saturated carbocycles. The maximum absolute atomic E-state index is 13.1. The van der Waals surface area contributed by atoms with Gasteiger partial charge < -0.3 is 9.47 Å². The maximum atomic E-state index is 13.1. The molecule has 3 rings (SSSR count). The Morgan fingerprint density at radius 2 is 1.69 bits per heavy atom. The van der Waals surface area contributed by atoms with Crippen molar-refractivity contribution in [3.8, 4) is 5.75 Å². The van der Waals surface area contributed by atoms with Crippen LogP contribution in [0.15, 0.2) is 65.4 Å². The summed E-state index contributed by atoms with van der Waals surface area (Å²) in [7, 11) is 2.79. The fourth-order valence-corrected chi connectivity index (χ4v) is 3.08. The van der Waals surface area contributed by atoms with Gasteiger partial charge in [0.2, 0.25) is 0 Å². The summed E-state index contributed by atoms with van der Waals surface area (Å²) < 4.78 is 10.0. The number of non-ortho nitro benzene ring substituents is 1. The highest BCUT2D eigenvalue weighted by atomic mass is 16.6. The van der Waals surface area contributed by atoms with Crippen molar-refractivity contribution < 1.29 is 24.0 Å². The van der Waals surface area contributed by atoms with Crippen molar-refractivity contribution in [3.05, 3.63) is 81.1 Å². The molecule has 0 aromatic heterocycles. The highest BCUT2D eigenvalue weighted by Gasteiger charge is 2.37. The van der Waals surface area contributed by atoms with Gasteiger partial charge in [0.15, 0.2) is 0 Å². The minimum absolute atomic E-state index is 0.0651. The summed E-state index contributed by atoms with van der Waals surface area (Å²) in [6, 6.07) is 12.5. The molecule has 2 aromatic rings. The average molecular weight is 394 g/mol. The van der Waals surface area contributed by atoms with Gasteiger partial charge in [-0.15, -0.1) is 0 Å². The van der Waals surface area contributed by atoms with Crippen molar-refractivity contribution in [2.24, 2.45) is 0 Å². The van der Waals surface area contributed by atoms with Crippen LogP contribution in [-0.4, -0.2) is 31.0 Å². The number of nitro benzene ring substituents is 1. The number of nitro groups is 1. The van der Waals surface area contributed by atoms with E-state index < -0.39 is 16.8 Å². The molecule has 29 heavy (non-hydrogen) atoms. The van der Waals surface area contributed by atoms with E-state index in [4.69, 9.17) is 9.47 Å². The van der Waals surface area contributed by atoms with Crippen LogP contribution >= 0.6 is 0 Å². The van der Waals surface area contributed by atoms with E-state index in [9.17, 15) is 19.7 Å². The normalized spacial score (nSPS) is 15.1. The second kappa shape index (κ2) is 7.97. The van der Waals surface area contributed by atoms with E-state index in [2.05, 4.69) is 0 Å². The van der Waals surface area contributed by atoms with E-state index in [0.29, 0.717) is 22.7 Å². The summed E-state index contributed by atoms with van der Waals surface area (Å²) in [6.07, 6.45) is 1.52. The zero-order chi connectivity index (χ0) is 21.1. The highest BCUT2D eigenvalue weighted by Crippen LogP contribution is 2.36. The minimum atomic E-state index is -0.639. The third-order valence-corrected chi connectivity index (χ3v) is 4.54. The van der Waals surface area contributed by atoms with Crippen molar-refractivity contribution in [1.82, 2.24) is 0 Å². The number of benzene rings is 2. The van der Waals surface area contributed by atoms with Gasteiger partial charge in [-0.05, 0) is 55.0 Å². The van der Waals surface area contributed by atoms with Crippen LogP contribution in [0.4, 0.5) is 11.4 Å². The Morgan fingerprint density at radius 1 is 1.07 bits per heavy atom. The largest absolute Gasteiger partial charge is 0.497 e. The van der Waals surface area contributed by atoms with E-state index >= 15 is 0 Å². The number of hydrogen-bond acceptors (Lipinski definition) is 6. The van der Waals surface area contributed by atoms with E-state index in [-0.39, 0.29) is 16.8 Å². The number of hydrogen-bond donors (Lipinski definition) is 0. The summed E-state index contributed by atoms with van der Waals surface area (Å²) in [6.45, 7) is 1.66. The van der Waals surface area contributed by atoms with Crippen LogP contribution in [0.5, 0.6) is 5.75 Å². The van der Waals surface area contributed by atoms with E-state index in [0.717, 1.165) is 0 Å². The Labute approximate surface area is 166 Å². The Balaban J connectivity index is 2.07. The standard InChI is InChI=1S/C21H18N2O6/c1-13-19(21(25)29-3)18(12-14-4-6-16(7-5-14)23(26)27)20(24)22(13)15-8-10-17(28-2)11-9-15/h4-12H,1-3H3/b18-12-. The monoisotopic (exact) mass is 394 g/mol. The van der Waals surface area contributed by atoms with Gasteiger partial charge in [-0.25, -0.2) is 4.79 Å². The first-order valence-electron chi connectivity index (χ1n) is 8.61. The van der Waals surface area contributed by atoms with Gasteiger partial charge in [-0.1, -0.05) is 0 Å². The second-order valence-corrected chi connectivity index (χ2v) is 6.20. The molecule has 148 valence electrons. The first kappa shape index (κ1) is 19.8. The topological polar surface area (TPSA) is 99.0 Å². The summed E-state index contributed by atoms with van der Waals surface area (Å²) in [5.74, 6) is -0.400. The third-order valence-electron chi connectivity index (χ3n) is 4.54. The van der Waals surface area contributed by atoms with Crippen LogP contribution in [0.1, 0.15) is 12.5 Å². The fraction of sp³-hybridized carbons (Fsp3) is 0.143. The van der Waals surface area contributed by atoms with Gasteiger partial charge in [0.05, 0.1) is 30.3 Å². The Hall–Kier alpha value is -3.94. The maximum Gasteiger partial charge on any atom is 0.340 e. The summed E-state index contributed by atoms with van der Waals surface area (Å²) in [5, 5.41) is 10.8. The predicted octanol–water partition coefficient (Wildman–Crippen LogP) is 3.48. The molecule has 0 spiro atoms. The average Bonchev–Trinajstić information content (AvgIpc) is 2.97. The Kier molecular flexibility index (Phi) is 5.45. The number of carbonyl (C=O) groups is 2. The molecule has 8 nitrogen and oxygen atoms in total. The quantitative estimate of drug-likeness (QED) is 0.333. The molecule has 0 unspecified atom stereocenters. The predicted molar refractivity (Wildman–Crippen MR) is 106 cm³/mol. The molecule has 0 N–H and O–H groups in total. The van der Waals surface area contributed by atoms with Crippen LogP contribution in [0, 0.1) is 10.1 Å². The summed E-state index contributed by atoms with van der Waals surface area (Å²) >= 11 is 0. The number of esters is 1. The van der Waals surface area contributed by atoms with Crippen LogP contribution in [0.3, 0.4) is 0 Å². The number of anilines is 1. The van der Waals surface area contributed by atoms with Gasteiger partial charge in [-0.2, -0.15) is 0 Å². The molecule has 2 aromatic carbocycles. The highest BCUT2D eigenvalue weighted by molar-refractivity contribution is 6.23. The van der Waals surface area contributed by atoms with Crippen molar-refractivity contribution in [1.29, 1.82) is 0 Å². The zero-order valence-corrected chi connectivity index (χ0v) is 16.0.